The molecule has 4 nitrogen and oxygen atoms in total. The first-order valence-electron chi connectivity index (χ1n) is 10.1. The zero-order valence-corrected chi connectivity index (χ0v) is 24.0. The van der Waals surface area contributed by atoms with Crippen LogP contribution in [0.15, 0.2) is 81.7 Å². The van der Waals surface area contributed by atoms with E-state index in [0.717, 1.165) is 31.3 Å². The van der Waals surface area contributed by atoms with Crippen LogP contribution in [0, 0.1) is 6.92 Å². The zero-order chi connectivity index (χ0) is 24.9. The SMILES string of the molecule is Cc1cc(Br)cc(Br)c1NC(=S)N[C@H](NC(=O)C(c1ccccc1)c1ccccc1)C(Cl)(Cl)Cl. The van der Waals surface area contributed by atoms with Gasteiger partial charge in [-0.1, -0.05) is 111 Å². The lowest BCUT2D eigenvalue weighted by Crippen LogP contribution is -2.57. The van der Waals surface area contributed by atoms with E-state index >= 15 is 0 Å². The lowest BCUT2D eigenvalue weighted by molar-refractivity contribution is -0.122. The molecule has 3 N–H and O–H groups in total. The third-order valence-corrected chi connectivity index (χ3v) is 6.87. The van der Waals surface area contributed by atoms with Crippen molar-refractivity contribution in [1.82, 2.24) is 10.6 Å². The van der Waals surface area contributed by atoms with Crippen molar-refractivity contribution in [3.8, 4) is 0 Å². The number of aryl methyl sites for hydroxylation is 1. The van der Waals surface area contributed by atoms with Crippen molar-refractivity contribution in [1.29, 1.82) is 0 Å². The fraction of sp³-hybridized carbons (Fsp3) is 0.167. The second-order valence-electron chi connectivity index (χ2n) is 7.42. The molecule has 34 heavy (non-hydrogen) atoms. The average Bonchev–Trinajstić information content (AvgIpc) is 2.77. The first-order valence-corrected chi connectivity index (χ1v) is 13.2. The highest BCUT2D eigenvalue weighted by Gasteiger charge is 2.36. The predicted octanol–water partition coefficient (Wildman–Crippen LogP) is 7.45. The molecule has 0 aliphatic carbocycles. The Morgan fingerprint density at radius 3 is 1.91 bits per heavy atom. The van der Waals surface area contributed by atoms with Crippen LogP contribution in [0.2, 0.25) is 0 Å². The number of alkyl halides is 3. The van der Waals surface area contributed by atoms with Gasteiger partial charge in [0.1, 0.15) is 6.17 Å². The van der Waals surface area contributed by atoms with Gasteiger partial charge in [-0.3, -0.25) is 4.79 Å². The highest BCUT2D eigenvalue weighted by molar-refractivity contribution is 9.11. The molecule has 3 rings (SSSR count). The molecule has 1 atom stereocenters. The molecule has 0 aliphatic heterocycles. The highest BCUT2D eigenvalue weighted by atomic mass is 79.9. The molecule has 0 bridgehead atoms. The number of benzene rings is 3. The number of halogens is 5. The van der Waals surface area contributed by atoms with Gasteiger partial charge in [-0.05, 0) is 63.9 Å². The van der Waals surface area contributed by atoms with E-state index < -0.39 is 15.9 Å². The van der Waals surface area contributed by atoms with Crippen LogP contribution in [0.5, 0.6) is 0 Å². The van der Waals surface area contributed by atoms with Gasteiger partial charge in [-0.25, -0.2) is 0 Å². The quantitative estimate of drug-likeness (QED) is 0.146. The smallest absolute Gasteiger partial charge is 0.233 e. The van der Waals surface area contributed by atoms with Crippen molar-refractivity contribution < 1.29 is 4.79 Å². The fourth-order valence-corrected chi connectivity index (χ4v) is 5.44. The van der Waals surface area contributed by atoms with Gasteiger partial charge in [0, 0.05) is 8.95 Å². The van der Waals surface area contributed by atoms with Gasteiger partial charge in [0.05, 0.1) is 11.6 Å². The maximum atomic E-state index is 13.5. The lowest BCUT2D eigenvalue weighted by atomic mass is 9.90. The van der Waals surface area contributed by atoms with Crippen LogP contribution in [0.4, 0.5) is 5.69 Å². The lowest BCUT2D eigenvalue weighted by Gasteiger charge is -2.30. The second kappa shape index (κ2) is 12.1. The van der Waals surface area contributed by atoms with Crippen LogP contribution in [0.1, 0.15) is 22.6 Å². The summed E-state index contributed by atoms with van der Waals surface area (Å²) in [5.74, 6) is -0.950. The normalized spacial score (nSPS) is 12.2. The first-order chi connectivity index (χ1) is 16.1. The van der Waals surface area contributed by atoms with Crippen LogP contribution in [0.3, 0.4) is 0 Å². The van der Waals surface area contributed by atoms with Crippen LogP contribution in [0.25, 0.3) is 0 Å². The number of anilines is 1. The molecule has 10 heteroatoms. The van der Waals surface area contributed by atoms with Crippen LogP contribution in [-0.2, 0) is 4.79 Å². The largest absolute Gasteiger partial charge is 0.339 e. The molecule has 0 radical (unpaired) electrons. The number of nitrogens with one attached hydrogen (secondary N) is 3. The third-order valence-electron chi connectivity index (χ3n) is 4.91. The number of hydrogen-bond acceptors (Lipinski definition) is 2. The predicted molar refractivity (Wildman–Crippen MR) is 153 cm³/mol. The van der Waals surface area contributed by atoms with Crippen molar-refractivity contribution in [2.24, 2.45) is 0 Å². The van der Waals surface area contributed by atoms with Crippen molar-refractivity contribution in [3.05, 3.63) is 98.4 Å². The van der Waals surface area contributed by atoms with E-state index in [1.165, 1.54) is 0 Å². The summed E-state index contributed by atoms with van der Waals surface area (Å²) in [4.78, 5) is 13.5. The number of carbonyl (C=O) groups is 1. The van der Waals surface area contributed by atoms with E-state index in [4.69, 9.17) is 47.0 Å². The van der Waals surface area contributed by atoms with Gasteiger partial charge in [-0.15, -0.1) is 0 Å². The monoisotopic (exact) mass is 661 g/mol. The van der Waals surface area contributed by atoms with E-state index in [0.29, 0.717) is 0 Å². The molecule has 1 amide bonds. The topological polar surface area (TPSA) is 53.2 Å². The molecular weight excluding hydrogens is 645 g/mol. The minimum atomic E-state index is -1.88. The molecule has 3 aromatic carbocycles. The van der Waals surface area contributed by atoms with Crippen LogP contribution >= 0.6 is 78.9 Å². The number of amides is 1. The van der Waals surface area contributed by atoms with E-state index in [1.54, 1.807) is 0 Å². The Morgan fingerprint density at radius 2 is 1.44 bits per heavy atom. The summed E-state index contributed by atoms with van der Waals surface area (Å²) in [7, 11) is 0. The van der Waals surface area contributed by atoms with Gasteiger partial charge in [-0.2, -0.15) is 0 Å². The van der Waals surface area contributed by atoms with Gasteiger partial charge in [0.25, 0.3) is 0 Å². The Kier molecular flexibility index (Phi) is 9.66. The Labute approximate surface area is 236 Å². The molecule has 3 aromatic rings. The highest BCUT2D eigenvalue weighted by Crippen LogP contribution is 2.32. The van der Waals surface area contributed by atoms with E-state index in [-0.39, 0.29) is 11.0 Å². The summed E-state index contributed by atoms with van der Waals surface area (Å²) in [6, 6.07) is 22.6. The Balaban J connectivity index is 1.83. The van der Waals surface area contributed by atoms with Crippen molar-refractivity contribution in [3.63, 3.8) is 0 Å². The summed E-state index contributed by atoms with van der Waals surface area (Å²) in [6.07, 6.45) is -1.10. The minimum Gasteiger partial charge on any atom is -0.339 e. The molecule has 0 aromatic heterocycles. The Hall–Kier alpha value is -1.35. The molecule has 0 unspecified atom stereocenters. The van der Waals surface area contributed by atoms with Crippen molar-refractivity contribution >= 4 is 95.6 Å². The summed E-state index contributed by atoms with van der Waals surface area (Å²) in [5, 5.41) is 9.02. The molecular formula is C24H20Br2Cl3N3OS. The van der Waals surface area contributed by atoms with Gasteiger partial charge < -0.3 is 16.0 Å². The number of rotatable bonds is 6. The first kappa shape index (κ1) is 27.2. The maximum Gasteiger partial charge on any atom is 0.233 e. The number of hydrogen-bond donors (Lipinski definition) is 3. The molecule has 0 saturated heterocycles. The third kappa shape index (κ3) is 7.33. The molecule has 178 valence electrons. The molecule has 0 fully saturated rings. The van der Waals surface area contributed by atoms with Gasteiger partial charge >= 0.3 is 0 Å². The number of carbonyl (C=O) groups excluding carboxylic acids is 1. The summed E-state index contributed by atoms with van der Waals surface area (Å²) >= 11 is 31.1. The van der Waals surface area contributed by atoms with Crippen molar-refractivity contribution in [2.45, 2.75) is 22.8 Å². The summed E-state index contributed by atoms with van der Waals surface area (Å²) in [6.45, 7) is 1.93. The Morgan fingerprint density at radius 1 is 0.912 bits per heavy atom. The second-order valence-corrected chi connectivity index (χ2v) is 12.0. The maximum absolute atomic E-state index is 13.5. The molecule has 0 saturated carbocycles. The van der Waals surface area contributed by atoms with E-state index in [2.05, 4.69) is 47.8 Å². The van der Waals surface area contributed by atoms with Gasteiger partial charge in [0.15, 0.2) is 5.11 Å². The number of thiocarbonyl (C=S) groups is 1. The fourth-order valence-electron chi connectivity index (χ4n) is 3.35. The van der Waals surface area contributed by atoms with Gasteiger partial charge in [0.2, 0.25) is 9.70 Å². The van der Waals surface area contributed by atoms with Crippen LogP contribution in [-0.4, -0.2) is 21.0 Å². The average molecular weight is 665 g/mol. The summed E-state index contributed by atoms with van der Waals surface area (Å²) < 4.78 is -0.169. The van der Waals surface area contributed by atoms with Crippen molar-refractivity contribution in [2.75, 3.05) is 5.32 Å². The summed E-state index contributed by atoms with van der Waals surface area (Å²) in [5.41, 5.74) is 3.31. The standard InChI is InChI=1S/C24H20Br2Cl3N3OS/c1-14-12-17(25)13-18(26)20(14)30-23(34)32-22(24(27,28)29)31-21(33)19(15-8-4-2-5-9-15)16-10-6-3-7-11-16/h2-13,19,22H,1H3,(H,31,33)(H2,30,32,34)/t22-/m0/s1. The van der Waals surface area contributed by atoms with E-state index in [1.807, 2.05) is 79.7 Å². The Bertz CT molecular complexity index is 1100. The van der Waals surface area contributed by atoms with Crippen LogP contribution < -0.4 is 16.0 Å². The zero-order valence-electron chi connectivity index (χ0n) is 17.8. The van der Waals surface area contributed by atoms with E-state index in [9.17, 15) is 4.79 Å². The minimum absolute atomic E-state index is 0.179. The molecule has 0 heterocycles. The molecule has 0 aliphatic rings. The molecule has 0 spiro atoms.